The minimum atomic E-state index is -0.355. The lowest BCUT2D eigenvalue weighted by Gasteiger charge is -2.21. The van der Waals surface area contributed by atoms with Crippen LogP contribution in [0.5, 0.6) is 0 Å². The maximum Gasteiger partial charge on any atom is 0.253 e. The number of nitrogen functional groups attached to an aromatic ring is 1. The normalized spacial score (nSPS) is 10.9. The summed E-state index contributed by atoms with van der Waals surface area (Å²) in [5.74, 6) is -0.537. The Kier molecular flexibility index (Phi) is 3.96. The largest absolute Gasteiger partial charge is 0.398 e. The lowest BCUT2D eigenvalue weighted by Crippen LogP contribution is -2.40. The highest BCUT2D eigenvalue weighted by Crippen LogP contribution is 2.15. The molecule has 1 rings (SSSR count). The van der Waals surface area contributed by atoms with E-state index in [1.807, 2.05) is 20.8 Å². The van der Waals surface area contributed by atoms with Crippen molar-refractivity contribution in [2.24, 2.45) is 0 Å². The summed E-state index contributed by atoms with van der Waals surface area (Å²) in [4.78, 5) is 23.5. The number of anilines is 1. The molecule has 98 valence electrons. The second-order valence-electron chi connectivity index (χ2n) is 5.09. The van der Waals surface area contributed by atoms with Crippen LogP contribution in [0.2, 0.25) is 0 Å². The number of benzene rings is 1. The first-order valence-corrected chi connectivity index (χ1v) is 5.68. The van der Waals surface area contributed by atoms with Crippen LogP contribution in [-0.4, -0.2) is 24.4 Å². The molecule has 0 aliphatic carbocycles. The van der Waals surface area contributed by atoms with E-state index in [1.54, 1.807) is 12.1 Å². The molecule has 0 aliphatic rings. The summed E-state index contributed by atoms with van der Waals surface area (Å²) in [5, 5.41) is 5.31. The molecule has 0 aliphatic heterocycles. The summed E-state index contributed by atoms with van der Waals surface area (Å²) in [5.41, 5.74) is 6.47. The van der Waals surface area contributed by atoms with Crippen LogP contribution in [0.4, 0.5) is 5.69 Å². The van der Waals surface area contributed by atoms with E-state index < -0.39 is 0 Å². The predicted octanol–water partition coefficient (Wildman–Crippen LogP) is 1.16. The molecule has 0 heterocycles. The summed E-state index contributed by atoms with van der Waals surface area (Å²) < 4.78 is 0. The third kappa shape index (κ3) is 3.48. The van der Waals surface area contributed by atoms with Crippen molar-refractivity contribution < 1.29 is 9.59 Å². The summed E-state index contributed by atoms with van der Waals surface area (Å²) in [6.45, 7) is 5.64. The molecule has 0 unspecified atom stereocenters. The average Bonchev–Trinajstić information content (AvgIpc) is 2.26. The molecule has 5 heteroatoms. The minimum absolute atomic E-state index is 0.250. The van der Waals surface area contributed by atoms with Crippen molar-refractivity contribution in [2.45, 2.75) is 26.3 Å². The zero-order valence-corrected chi connectivity index (χ0v) is 11.1. The molecule has 1 aromatic rings. The fourth-order valence-corrected chi connectivity index (χ4v) is 1.45. The fourth-order valence-electron chi connectivity index (χ4n) is 1.45. The Morgan fingerprint density at radius 2 is 1.78 bits per heavy atom. The van der Waals surface area contributed by atoms with Gasteiger partial charge in [-0.2, -0.15) is 0 Å². The van der Waals surface area contributed by atoms with Gasteiger partial charge in [0.25, 0.3) is 11.8 Å². The molecule has 1 aromatic carbocycles. The molecule has 2 amide bonds. The maximum absolute atomic E-state index is 12.0. The van der Waals surface area contributed by atoms with Gasteiger partial charge >= 0.3 is 0 Å². The van der Waals surface area contributed by atoms with Crippen LogP contribution in [0, 0.1) is 0 Å². The number of hydrogen-bond acceptors (Lipinski definition) is 3. The van der Waals surface area contributed by atoms with E-state index in [2.05, 4.69) is 10.6 Å². The van der Waals surface area contributed by atoms with Gasteiger partial charge in [-0.15, -0.1) is 0 Å². The average molecular weight is 249 g/mol. The number of carbonyl (C=O) groups excluding carboxylic acids is 2. The number of hydrogen-bond donors (Lipinski definition) is 3. The van der Waals surface area contributed by atoms with Crippen LogP contribution in [0.3, 0.4) is 0 Å². The van der Waals surface area contributed by atoms with Gasteiger partial charge in [-0.25, -0.2) is 0 Å². The first kappa shape index (κ1) is 14.0. The highest BCUT2D eigenvalue weighted by atomic mass is 16.2. The Morgan fingerprint density at radius 3 is 2.28 bits per heavy atom. The highest BCUT2D eigenvalue weighted by molar-refractivity contribution is 6.03. The third-order valence-electron chi connectivity index (χ3n) is 2.28. The lowest BCUT2D eigenvalue weighted by atomic mass is 10.0. The predicted molar refractivity (Wildman–Crippen MR) is 71.5 cm³/mol. The Bertz CT molecular complexity index is 476. The zero-order valence-electron chi connectivity index (χ0n) is 11.1. The molecule has 0 fully saturated rings. The van der Waals surface area contributed by atoms with E-state index in [0.717, 1.165) is 0 Å². The van der Waals surface area contributed by atoms with E-state index in [0.29, 0.717) is 16.8 Å². The minimum Gasteiger partial charge on any atom is -0.398 e. The number of rotatable bonds is 2. The molecule has 0 spiro atoms. The molecular formula is C13H19N3O2. The van der Waals surface area contributed by atoms with Crippen LogP contribution in [0.15, 0.2) is 18.2 Å². The molecule has 0 radical (unpaired) electrons. The van der Waals surface area contributed by atoms with Crippen LogP contribution in [0.1, 0.15) is 41.5 Å². The Labute approximate surface area is 107 Å². The summed E-state index contributed by atoms with van der Waals surface area (Å²) in [7, 11) is 1.54. The molecular weight excluding hydrogens is 230 g/mol. The van der Waals surface area contributed by atoms with Crippen molar-refractivity contribution in [3.05, 3.63) is 29.3 Å². The molecule has 5 nitrogen and oxygen atoms in total. The zero-order chi connectivity index (χ0) is 13.9. The van der Waals surface area contributed by atoms with E-state index in [-0.39, 0.29) is 17.4 Å². The van der Waals surface area contributed by atoms with E-state index in [4.69, 9.17) is 5.73 Å². The second kappa shape index (κ2) is 5.08. The second-order valence-corrected chi connectivity index (χ2v) is 5.09. The van der Waals surface area contributed by atoms with Gasteiger partial charge in [0.15, 0.2) is 0 Å². The first-order valence-electron chi connectivity index (χ1n) is 5.68. The van der Waals surface area contributed by atoms with E-state index in [9.17, 15) is 9.59 Å². The fraction of sp³-hybridized carbons (Fsp3) is 0.385. The molecule has 0 saturated heterocycles. The van der Waals surface area contributed by atoms with Crippen LogP contribution >= 0.6 is 0 Å². The lowest BCUT2D eigenvalue weighted by molar-refractivity contribution is 0.0920. The highest BCUT2D eigenvalue weighted by Gasteiger charge is 2.18. The van der Waals surface area contributed by atoms with Crippen molar-refractivity contribution in [3.8, 4) is 0 Å². The smallest absolute Gasteiger partial charge is 0.253 e. The monoisotopic (exact) mass is 249 g/mol. The van der Waals surface area contributed by atoms with Crippen molar-refractivity contribution in [3.63, 3.8) is 0 Å². The molecule has 0 atom stereocenters. The number of amides is 2. The van der Waals surface area contributed by atoms with Gasteiger partial charge in [0.1, 0.15) is 0 Å². The van der Waals surface area contributed by atoms with Gasteiger partial charge in [-0.1, -0.05) is 0 Å². The van der Waals surface area contributed by atoms with Crippen molar-refractivity contribution >= 4 is 17.5 Å². The molecule has 0 aromatic heterocycles. The van der Waals surface area contributed by atoms with Crippen molar-refractivity contribution in [1.82, 2.24) is 10.6 Å². The Hall–Kier alpha value is -2.04. The van der Waals surface area contributed by atoms with E-state index >= 15 is 0 Å². The van der Waals surface area contributed by atoms with Gasteiger partial charge in [0.05, 0.1) is 5.56 Å². The van der Waals surface area contributed by atoms with Crippen molar-refractivity contribution in [1.29, 1.82) is 0 Å². The Morgan fingerprint density at radius 1 is 1.17 bits per heavy atom. The standard InChI is InChI=1S/C13H19N3O2/c1-13(2,3)16-12(18)9-7-8(11(17)15-4)5-6-10(9)14/h5-7H,14H2,1-4H3,(H,15,17)(H,16,18). The van der Waals surface area contributed by atoms with Gasteiger partial charge in [-0.05, 0) is 39.0 Å². The summed E-state index contributed by atoms with van der Waals surface area (Å²) in [6, 6.07) is 4.64. The van der Waals surface area contributed by atoms with Gasteiger partial charge in [0.2, 0.25) is 0 Å². The summed E-state index contributed by atoms with van der Waals surface area (Å²) in [6.07, 6.45) is 0. The summed E-state index contributed by atoms with van der Waals surface area (Å²) >= 11 is 0. The van der Waals surface area contributed by atoms with Gasteiger partial charge in [-0.3, -0.25) is 9.59 Å². The van der Waals surface area contributed by atoms with Crippen LogP contribution in [0.25, 0.3) is 0 Å². The molecule has 4 N–H and O–H groups in total. The van der Waals surface area contributed by atoms with E-state index in [1.165, 1.54) is 13.1 Å². The first-order chi connectivity index (χ1) is 8.24. The quantitative estimate of drug-likeness (QED) is 0.687. The number of nitrogens with two attached hydrogens (primary N) is 1. The third-order valence-corrected chi connectivity index (χ3v) is 2.28. The van der Waals surface area contributed by atoms with Gasteiger partial charge < -0.3 is 16.4 Å². The maximum atomic E-state index is 12.0. The van der Waals surface area contributed by atoms with Crippen LogP contribution in [-0.2, 0) is 0 Å². The molecule has 0 saturated carbocycles. The van der Waals surface area contributed by atoms with Crippen molar-refractivity contribution in [2.75, 3.05) is 12.8 Å². The van der Waals surface area contributed by atoms with Gasteiger partial charge in [0, 0.05) is 23.8 Å². The topological polar surface area (TPSA) is 84.2 Å². The number of carbonyl (C=O) groups is 2. The molecule has 18 heavy (non-hydrogen) atoms. The SMILES string of the molecule is CNC(=O)c1ccc(N)c(C(=O)NC(C)(C)C)c1. The van der Waals surface area contributed by atoms with Crippen LogP contribution < -0.4 is 16.4 Å². The Balaban J connectivity index is 3.08. The molecule has 0 bridgehead atoms. The number of nitrogens with one attached hydrogen (secondary N) is 2.